The Hall–Kier alpha value is -0.160. The second-order valence-corrected chi connectivity index (χ2v) is 8.65. The van der Waals surface area contributed by atoms with Gasteiger partial charge in [0.15, 0.2) is 0 Å². The maximum Gasteiger partial charge on any atom is 0.103 e. The Morgan fingerprint density at radius 3 is 1.75 bits per heavy atom. The Labute approximate surface area is 147 Å². The van der Waals surface area contributed by atoms with Crippen LogP contribution >= 0.6 is 0 Å². The molecular weight excluding hydrogens is 304 g/mol. The summed E-state index contributed by atoms with van der Waals surface area (Å²) >= 11 is 0. The van der Waals surface area contributed by atoms with Crippen LogP contribution in [0.4, 0.5) is 0 Å². The van der Waals surface area contributed by atoms with Crippen LogP contribution in [0.1, 0.15) is 72.1 Å². The van der Waals surface area contributed by atoms with Crippen LogP contribution in [0.5, 0.6) is 0 Å². The van der Waals surface area contributed by atoms with Gasteiger partial charge in [0.05, 0.1) is 24.9 Å². The van der Waals surface area contributed by atoms with Gasteiger partial charge in [-0.15, -0.1) is 0 Å². The zero-order chi connectivity index (χ0) is 17.7. The number of methoxy groups -OCH3 is 1. The molecule has 0 aromatic carbocycles. The highest BCUT2D eigenvalue weighted by Gasteiger charge is 2.40. The summed E-state index contributed by atoms with van der Waals surface area (Å²) < 4.78 is 11.3. The molecule has 4 heteroatoms. The molecule has 2 saturated carbocycles. The summed E-state index contributed by atoms with van der Waals surface area (Å²) in [6.45, 7) is 6.78. The van der Waals surface area contributed by atoms with E-state index < -0.39 is 12.2 Å². The van der Waals surface area contributed by atoms with Crippen LogP contribution in [0.3, 0.4) is 0 Å². The first-order valence-corrected chi connectivity index (χ1v) is 9.85. The first kappa shape index (κ1) is 20.2. The Bertz CT molecular complexity index is 353. The van der Waals surface area contributed by atoms with Crippen LogP contribution < -0.4 is 0 Å². The van der Waals surface area contributed by atoms with E-state index in [1.165, 1.54) is 38.5 Å². The van der Waals surface area contributed by atoms with Gasteiger partial charge in [-0.25, -0.2) is 0 Å². The molecule has 0 radical (unpaired) electrons. The topological polar surface area (TPSA) is 58.9 Å². The number of ether oxygens (including phenoxy) is 2. The summed E-state index contributed by atoms with van der Waals surface area (Å²) in [4.78, 5) is 0. The molecule has 2 unspecified atom stereocenters. The predicted molar refractivity (Wildman–Crippen MR) is 95.9 cm³/mol. The molecule has 2 fully saturated rings. The molecule has 0 saturated heterocycles. The van der Waals surface area contributed by atoms with Crippen molar-refractivity contribution in [2.24, 2.45) is 17.3 Å². The maximum atomic E-state index is 9.67. The van der Waals surface area contributed by atoms with Crippen molar-refractivity contribution in [1.82, 2.24) is 0 Å². The molecule has 2 aliphatic rings. The molecular formula is C20H38O4. The first-order chi connectivity index (χ1) is 11.3. The molecule has 2 atom stereocenters. The van der Waals surface area contributed by atoms with Crippen molar-refractivity contribution < 1.29 is 19.7 Å². The Morgan fingerprint density at radius 1 is 0.875 bits per heavy atom. The summed E-state index contributed by atoms with van der Waals surface area (Å²) in [7, 11) is 1.84. The number of aliphatic hydroxyl groups excluding tert-OH is 2. The van der Waals surface area contributed by atoms with Crippen molar-refractivity contribution >= 4 is 0 Å². The van der Waals surface area contributed by atoms with E-state index in [1.807, 2.05) is 7.11 Å². The molecule has 2 N–H and O–H groups in total. The molecule has 0 aliphatic heterocycles. The van der Waals surface area contributed by atoms with Crippen molar-refractivity contribution in [3.05, 3.63) is 0 Å². The third-order valence-corrected chi connectivity index (χ3v) is 6.85. The molecule has 0 amide bonds. The van der Waals surface area contributed by atoms with E-state index in [4.69, 9.17) is 9.47 Å². The van der Waals surface area contributed by atoms with E-state index in [1.54, 1.807) is 6.92 Å². The highest BCUT2D eigenvalue weighted by atomic mass is 16.5. The third-order valence-electron chi connectivity index (χ3n) is 6.85. The van der Waals surface area contributed by atoms with E-state index in [0.29, 0.717) is 11.5 Å². The Balaban J connectivity index is 1.76. The third kappa shape index (κ3) is 5.17. The van der Waals surface area contributed by atoms with Crippen LogP contribution in [0, 0.1) is 17.3 Å². The standard InChI is InChI=1S/C20H38O4/c1-14(21)19(22)13-24-18-11-7-16(8-12-18)20(2,3)15-5-9-17(23-4)10-6-15/h14-19,21-22H,5-13H2,1-4H3. The number of hydrogen-bond acceptors (Lipinski definition) is 4. The average Bonchev–Trinajstić information content (AvgIpc) is 2.60. The number of rotatable bonds is 7. The van der Waals surface area contributed by atoms with Crippen molar-refractivity contribution in [2.75, 3.05) is 13.7 Å². The lowest BCUT2D eigenvalue weighted by Crippen LogP contribution is -2.39. The lowest BCUT2D eigenvalue weighted by atomic mass is 9.60. The fourth-order valence-corrected chi connectivity index (χ4v) is 4.72. The SMILES string of the molecule is COC1CCC(C(C)(C)C2CCC(OCC(O)C(C)O)CC2)CC1. The van der Waals surface area contributed by atoms with E-state index in [0.717, 1.165) is 24.7 Å². The Kier molecular flexibility index (Phi) is 7.54. The fourth-order valence-electron chi connectivity index (χ4n) is 4.72. The van der Waals surface area contributed by atoms with Gasteiger partial charge < -0.3 is 19.7 Å². The summed E-state index contributed by atoms with van der Waals surface area (Å²) in [5.41, 5.74) is 0.392. The molecule has 0 heterocycles. The first-order valence-electron chi connectivity index (χ1n) is 9.85. The second kappa shape index (κ2) is 8.98. The quantitative estimate of drug-likeness (QED) is 0.743. The summed E-state index contributed by atoms with van der Waals surface area (Å²) in [6, 6.07) is 0. The van der Waals surface area contributed by atoms with Gasteiger partial charge >= 0.3 is 0 Å². The molecule has 0 spiro atoms. The number of hydrogen-bond donors (Lipinski definition) is 2. The average molecular weight is 343 g/mol. The Morgan fingerprint density at radius 2 is 1.33 bits per heavy atom. The summed E-state index contributed by atoms with van der Waals surface area (Å²) in [5.74, 6) is 1.58. The minimum atomic E-state index is -0.768. The molecule has 0 aromatic heterocycles. The van der Waals surface area contributed by atoms with Crippen LogP contribution in [0.25, 0.3) is 0 Å². The molecule has 0 bridgehead atoms. The monoisotopic (exact) mass is 342 g/mol. The molecule has 24 heavy (non-hydrogen) atoms. The molecule has 0 aromatic rings. The van der Waals surface area contributed by atoms with E-state index >= 15 is 0 Å². The van der Waals surface area contributed by atoms with Gasteiger partial charge in [-0.3, -0.25) is 0 Å². The largest absolute Gasteiger partial charge is 0.391 e. The molecule has 142 valence electrons. The van der Waals surface area contributed by atoms with E-state index in [2.05, 4.69) is 13.8 Å². The smallest absolute Gasteiger partial charge is 0.103 e. The zero-order valence-corrected chi connectivity index (χ0v) is 16.0. The van der Waals surface area contributed by atoms with Gasteiger partial charge in [-0.05, 0) is 75.5 Å². The lowest BCUT2D eigenvalue weighted by Gasteiger charge is -2.46. The normalized spacial score (nSPS) is 34.8. The van der Waals surface area contributed by atoms with Gasteiger partial charge in [0.2, 0.25) is 0 Å². The van der Waals surface area contributed by atoms with Gasteiger partial charge in [0, 0.05) is 7.11 Å². The number of aliphatic hydroxyl groups is 2. The van der Waals surface area contributed by atoms with Crippen molar-refractivity contribution in [3.63, 3.8) is 0 Å². The maximum absolute atomic E-state index is 9.67. The van der Waals surface area contributed by atoms with Crippen molar-refractivity contribution in [3.8, 4) is 0 Å². The zero-order valence-electron chi connectivity index (χ0n) is 16.0. The minimum Gasteiger partial charge on any atom is -0.391 e. The van der Waals surface area contributed by atoms with Crippen LogP contribution in [0.15, 0.2) is 0 Å². The van der Waals surface area contributed by atoms with E-state index in [-0.39, 0.29) is 12.7 Å². The van der Waals surface area contributed by atoms with Gasteiger partial charge in [0.25, 0.3) is 0 Å². The van der Waals surface area contributed by atoms with Crippen LogP contribution in [-0.4, -0.2) is 48.3 Å². The van der Waals surface area contributed by atoms with Gasteiger partial charge in [-0.2, -0.15) is 0 Å². The van der Waals surface area contributed by atoms with Crippen molar-refractivity contribution in [2.45, 2.75) is 96.6 Å². The minimum absolute atomic E-state index is 0.245. The molecule has 2 rings (SSSR count). The van der Waals surface area contributed by atoms with Gasteiger partial charge in [0.1, 0.15) is 6.10 Å². The highest BCUT2D eigenvalue weighted by molar-refractivity contribution is 4.91. The highest BCUT2D eigenvalue weighted by Crippen LogP contribution is 2.48. The lowest BCUT2D eigenvalue weighted by molar-refractivity contribution is -0.0750. The fraction of sp³-hybridized carbons (Fsp3) is 1.00. The summed E-state index contributed by atoms with van der Waals surface area (Å²) in [6.07, 6.45) is 8.82. The van der Waals surface area contributed by atoms with Crippen LogP contribution in [-0.2, 0) is 9.47 Å². The molecule has 4 nitrogen and oxygen atoms in total. The molecule has 2 aliphatic carbocycles. The van der Waals surface area contributed by atoms with Gasteiger partial charge in [-0.1, -0.05) is 13.8 Å². The van der Waals surface area contributed by atoms with Crippen LogP contribution in [0.2, 0.25) is 0 Å². The predicted octanol–water partition coefficient (Wildman–Crippen LogP) is 3.53. The summed E-state index contributed by atoms with van der Waals surface area (Å²) in [5, 5.41) is 19.0. The van der Waals surface area contributed by atoms with Crippen molar-refractivity contribution in [1.29, 1.82) is 0 Å². The van der Waals surface area contributed by atoms with E-state index in [9.17, 15) is 10.2 Å². The second-order valence-electron chi connectivity index (χ2n) is 8.65.